The predicted molar refractivity (Wildman–Crippen MR) is 81.1 cm³/mol. The van der Waals surface area contributed by atoms with Crippen molar-refractivity contribution in [2.45, 2.75) is 12.3 Å². The normalized spacial score (nSPS) is 19.7. The maximum atomic E-state index is 11.8. The van der Waals surface area contributed by atoms with E-state index < -0.39 is 29.6 Å². The van der Waals surface area contributed by atoms with Gasteiger partial charge >= 0.3 is 11.7 Å². The fourth-order valence-electron chi connectivity index (χ4n) is 2.19. The Hall–Kier alpha value is -2.93. The Kier molecular flexibility index (Phi) is 4.20. The molecule has 0 saturated heterocycles. The molecule has 1 N–H and O–H groups in total. The summed E-state index contributed by atoms with van der Waals surface area (Å²) in [4.78, 5) is 36.7. The average molecular weight is 314 g/mol. The molecule has 0 radical (unpaired) electrons. The number of aromatic amines is 1. The number of nitrogens with one attached hydrogen (secondary N) is 1. The summed E-state index contributed by atoms with van der Waals surface area (Å²) >= 11 is 0. The van der Waals surface area contributed by atoms with Gasteiger partial charge in [-0.15, -0.1) is 0 Å². The van der Waals surface area contributed by atoms with Crippen molar-refractivity contribution in [2.24, 2.45) is 0 Å². The summed E-state index contributed by atoms with van der Waals surface area (Å²) in [5, 5.41) is 0. The van der Waals surface area contributed by atoms with Crippen LogP contribution in [0.3, 0.4) is 0 Å². The second-order valence-electron chi connectivity index (χ2n) is 4.93. The lowest BCUT2D eigenvalue weighted by atomic mass is 10.2. The predicted octanol–water partition coefficient (Wildman–Crippen LogP) is 0.847. The second-order valence-corrected chi connectivity index (χ2v) is 4.93. The molecule has 2 aromatic rings. The SMILES string of the molecule is O=C(OC[C@@H]1C=C[C@H](n2ccc(=O)[nH]c2=O)O1)c1ccccc1. The van der Waals surface area contributed by atoms with Crippen LogP contribution in [0.5, 0.6) is 0 Å². The van der Waals surface area contributed by atoms with Gasteiger partial charge in [-0.25, -0.2) is 9.59 Å². The number of hydrogen-bond donors (Lipinski definition) is 1. The van der Waals surface area contributed by atoms with Crippen LogP contribution in [-0.4, -0.2) is 28.2 Å². The first kappa shape index (κ1) is 15.0. The quantitative estimate of drug-likeness (QED) is 0.667. The molecule has 0 spiro atoms. The highest BCUT2D eigenvalue weighted by molar-refractivity contribution is 5.89. The number of benzene rings is 1. The van der Waals surface area contributed by atoms with Crippen molar-refractivity contribution >= 4 is 5.97 Å². The number of H-pyrrole nitrogens is 1. The topological polar surface area (TPSA) is 90.4 Å². The minimum Gasteiger partial charge on any atom is -0.459 e. The molecule has 0 aliphatic carbocycles. The zero-order valence-electron chi connectivity index (χ0n) is 12.0. The Morgan fingerprint density at radius 1 is 1.17 bits per heavy atom. The fourth-order valence-corrected chi connectivity index (χ4v) is 2.19. The number of carbonyl (C=O) groups excluding carboxylic acids is 1. The molecule has 0 unspecified atom stereocenters. The van der Waals surface area contributed by atoms with Crippen LogP contribution in [0.25, 0.3) is 0 Å². The van der Waals surface area contributed by atoms with Crippen LogP contribution >= 0.6 is 0 Å². The van der Waals surface area contributed by atoms with Gasteiger partial charge in [-0.05, 0) is 18.2 Å². The molecule has 23 heavy (non-hydrogen) atoms. The molecule has 2 heterocycles. The van der Waals surface area contributed by atoms with E-state index in [2.05, 4.69) is 4.98 Å². The summed E-state index contributed by atoms with van der Waals surface area (Å²) in [6, 6.07) is 9.88. The summed E-state index contributed by atoms with van der Waals surface area (Å²) in [5.74, 6) is -0.438. The zero-order valence-corrected chi connectivity index (χ0v) is 12.0. The number of rotatable bonds is 4. The van der Waals surface area contributed by atoms with Gasteiger partial charge in [0, 0.05) is 12.3 Å². The lowest BCUT2D eigenvalue weighted by Crippen LogP contribution is -2.32. The highest BCUT2D eigenvalue weighted by Crippen LogP contribution is 2.19. The molecule has 0 fully saturated rings. The molecule has 2 atom stereocenters. The lowest BCUT2D eigenvalue weighted by molar-refractivity contribution is -0.0223. The summed E-state index contributed by atoms with van der Waals surface area (Å²) in [5.41, 5.74) is -0.571. The maximum absolute atomic E-state index is 11.8. The monoisotopic (exact) mass is 314 g/mol. The minimum absolute atomic E-state index is 0.0405. The van der Waals surface area contributed by atoms with E-state index in [9.17, 15) is 14.4 Å². The Labute approximate surface area is 130 Å². The van der Waals surface area contributed by atoms with E-state index in [1.54, 1.807) is 36.4 Å². The van der Waals surface area contributed by atoms with Crippen LogP contribution < -0.4 is 11.2 Å². The van der Waals surface area contributed by atoms with Crippen LogP contribution in [0, 0.1) is 0 Å². The summed E-state index contributed by atoms with van der Waals surface area (Å²) in [6.07, 6.45) is 3.64. The summed E-state index contributed by atoms with van der Waals surface area (Å²) in [7, 11) is 0. The van der Waals surface area contributed by atoms with Gasteiger partial charge in [-0.3, -0.25) is 14.3 Å². The molecule has 0 bridgehead atoms. The number of nitrogens with zero attached hydrogens (tertiary/aromatic N) is 1. The largest absolute Gasteiger partial charge is 0.459 e. The third-order valence-electron chi connectivity index (χ3n) is 3.32. The van der Waals surface area contributed by atoms with Crippen LogP contribution in [0.4, 0.5) is 0 Å². The van der Waals surface area contributed by atoms with Crippen LogP contribution in [-0.2, 0) is 9.47 Å². The van der Waals surface area contributed by atoms with E-state index in [0.29, 0.717) is 5.56 Å². The van der Waals surface area contributed by atoms with E-state index in [1.807, 2.05) is 6.07 Å². The molecular formula is C16H14N2O5. The Balaban J connectivity index is 1.58. The standard InChI is InChI=1S/C16H14N2O5/c19-13-8-9-18(16(21)17-13)14-7-6-12(23-14)10-22-15(20)11-4-2-1-3-5-11/h1-9,12,14H,10H2,(H,17,19,21)/t12-,14+/m0/s1. The molecule has 0 saturated carbocycles. The van der Waals surface area contributed by atoms with Gasteiger partial charge in [-0.2, -0.15) is 0 Å². The van der Waals surface area contributed by atoms with Crippen molar-refractivity contribution in [2.75, 3.05) is 6.61 Å². The van der Waals surface area contributed by atoms with Crippen molar-refractivity contribution in [1.82, 2.24) is 9.55 Å². The smallest absolute Gasteiger partial charge is 0.338 e. The van der Waals surface area contributed by atoms with Crippen molar-refractivity contribution in [3.05, 3.63) is 81.1 Å². The second kappa shape index (κ2) is 6.45. The molecule has 118 valence electrons. The Morgan fingerprint density at radius 2 is 1.96 bits per heavy atom. The number of carbonyl (C=O) groups is 1. The number of esters is 1. The highest BCUT2D eigenvalue weighted by atomic mass is 16.6. The van der Waals surface area contributed by atoms with Crippen molar-refractivity contribution in [3.63, 3.8) is 0 Å². The van der Waals surface area contributed by atoms with Crippen molar-refractivity contribution < 1.29 is 14.3 Å². The van der Waals surface area contributed by atoms with Gasteiger partial charge in [-0.1, -0.05) is 24.3 Å². The van der Waals surface area contributed by atoms with Gasteiger partial charge in [0.2, 0.25) is 0 Å². The third-order valence-corrected chi connectivity index (χ3v) is 3.32. The minimum atomic E-state index is -0.639. The van der Waals surface area contributed by atoms with E-state index >= 15 is 0 Å². The first-order chi connectivity index (χ1) is 11.1. The van der Waals surface area contributed by atoms with Crippen LogP contribution in [0.2, 0.25) is 0 Å². The molecule has 1 aromatic carbocycles. The van der Waals surface area contributed by atoms with Gasteiger partial charge in [0.05, 0.1) is 5.56 Å². The Morgan fingerprint density at radius 3 is 2.70 bits per heavy atom. The van der Waals surface area contributed by atoms with Gasteiger partial charge in [0.25, 0.3) is 5.56 Å². The van der Waals surface area contributed by atoms with Crippen molar-refractivity contribution in [1.29, 1.82) is 0 Å². The highest BCUT2D eigenvalue weighted by Gasteiger charge is 2.22. The number of aromatic nitrogens is 2. The molecule has 1 aromatic heterocycles. The first-order valence-electron chi connectivity index (χ1n) is 7.01. The van der Waals surface area contributed by atoms with E-state index in [1.165, 1.54) is 16.8 Å². The molecule has 1 aliphatic heterocycles. The summed E-state index contributed by atoms with van der Waals surface area (Å²) in [6.45, 7) is 0.0405. The van der Waals surface area contributed by atoms with Crippen molar-refractivity contribution in [3.8, 4) is 0 Å². The first-order valence-corrected chi connectivity index (χ1v) is 7.01. The lowest BCUT2D eigenvalue weighted by Gasteiger charge is -2.15. The van der Waals surface area contributed by atoms with E-state index in [0.717, 1.165) is 0 Å². The molecule has 0 amide bonds. The van der Waals surface area contributed by atoms with Gasteiger partial charge in [0.1, 0.15) is 12.7 Å². The van der Waals surface area contributed by atoms with Gasteiger partial charge in [0.15, 0.2) is 6.23 Å². The fraction of sp³-hybridized carbons (Fsp3) is 0.188. The molecule has 3 rings (SSSR count). The number of ether oxygens (including phenoxy) is 2. The van der Waals surface area contributed by atoms with Crippen LogP contribution in [0.15, 0.2) is 64.3 Å². The van der Waals surface area contributed by atoms with Gasteiger partial charge < -0.3 is 9.47 Å². The zero-order chi connectivity index (χ0) is 16.2. The molecule has 7 heteroatoms. The van der Waals surface area contributed by atoms with E-state index in [-0.39, 0.29) is 6.61 Å². The Bertz CT molecular complexity index is 837. The maximum Gasteiger partial charge on any atom is 0.338 e. The number of hydrogen-bond acceptors (Lipinski definition) is 5. The molecular weight excluding hydrogens is 300 g/mol. The molecule has 1 aliphatic rings. The van der Waals surface area contributed by atoms with Crippen LogP contribution in [0.1, 0.15) is 16.6 Å². The molecule has 7 nitrogen and oxygen atoms in total. The average Bonchev–Trinajstić information content (AvgIpc) is 3.02. The summed E-state index contributed by atoms with van der Waals surface area (Å²) < 4.78 is 12.0. The van der Waals surface area contributed by atoms with E-state index in [4.69, 9.17) is 9.47 Å². The third kappa shape index (κ3) is 3.46.